The Morgan fingerprint density at radius 1 is 1.29 bits per heavy atom. The molecular weight excluding hydrogens is 216 g/mol. The molecule has 2 rings (SSSR count). The van der Waals surface area contributed by atoms with Gasteiger partial charge in [0.2, 0.25) is 11.7 Å². The van der Waals surface area contributed by atoms with Gasteiger partial charge in [-0.25, -0.2) is 0 Å². The predicted octanol–water partition coefficient (Wildman–Crippen LogP) is 2.36. The van der Waals surface area contributed by atoms with Crippen LogP contribution in [0.15, 0.2) is 28.8 Å². The Hall–Kier alpha value is -1.68. The van der Waals surface area contributed by atoms with Gasteiger partial charge in [-0.15, -0.1) is 0 Å². The SMILES string of the molecule is Cc1ccc(-c2noc(CC[C@@H](C)O)n2)cc1. The molecule has 1 aromatic carbocycles. The van der Waals surface area contributed by atoms with Crippen LogP contribution in [0.5, 0.6) is 0 Å². The molecule has 4 heteroatoms. The van der Waals surface area contributed by atoms with Gasteiger partial charge >= 0.3 is 0 Å². The molecule has 17 heavy (non-hydrogen) atoms. The van der Waals surface area contributed by atoms with Crippen LogP contribution in [0.3, 0.4) is 0 Å². The molecule has 0 saturated heterocycles. The molecule has 0 aliphatic heterocycles. The number of aliphatic hydroxyl groups excluding tert-OH is 1. The van der Waals surface area contributed by atoms with Crippen LogP contribution in [-0.2, 0) is 6.42 Å². The Morgan fingerprint density at radius 2 is 2.00 bits per heavy atom. The number of aromatic nitrogens is 2. The molecule has 2 aromatic rings. The van der Waals surface area contributed by atoms with Crippen molar-refractivity contribution >= 4 is 0 Å². The molecule has 0 saturated carbocycles. The molecule has 0 unspecified atom stereocenters. The van der Waals surface area contributed by atoms with Gasteiger partial charge in [0.15, 0.2) is 0 Å². The van der Waals surface area contributed by atoms with E-state index in [4.69, 9.17) is 4.52 Å². The smallest absolute Gasteiger partial charge is 0.227 e. The van der Waals surface area contributed by atoms with Crippen LogP contribution in [0.1, 0.15) is 24.8 Å². The quantitative estimate of drug-likeness (QED) is 0.879. The van der Waals surface area contributed by atoms with E-state index in [1.165, 1.54) is 5.56 Å². The third-order valence-electron chi connectivity index (χ3n) is 2.55. The second-order valence-corrected chi connectivity index (χ2v) is 4.27. The van der Waals surface area contributed by atoms with E-state index in [2.05, 4.69) is 10.1 Å². The molecule has 0 fully saturated rings. The van der Waals surface area contributed by atoms with Crippen molar-refractivity contribution < 1.29 is 9.63 Å². The van der Waals surface area contributed by atoms with Crippen LogP contribution in [0.4, 0.5) is 0 Å². The van der Waals surface area contributed by atoms with E-state index in [1.807, 2.05) is 31.2 Å². The molecule has 1 N–H and O–H groups in total. The highest BCUT2D eigenvalue weighted by Gasteiger charge is 2.09. The Kier molecular flexibility index (Phi) is 3.54. The van der Waals surface area contributed by atoms with Gasteiger partial charge in [0.25, 0.3) is 0 Å². The van der Waals surface area contributed by atoms with Crippen molar-refractivity contribution in [1.82, 2.24) is 10.1 Å². The lowest BCUT2D eigenvalue weighted by Crippen LogP contribution is -2.01. The molecule has 0 amide bonds. The monoisotopic (exact) mass is 232 g/mol. The Morgan fingerprint density at radius 3 is 2.65 bits per heavy atom. The van der Waals surface area contributed by atoms with Gasteiger partial charge < -0.3 is 9.63 Å². The number of hydrogen-bond acceptors (Lipinski definition) is 4. The first kappa shape index (κ1) is 11.8. The summed E-state index contributed by atoms with van der Waals surface area (Å²) < 4.78 is 5.13. The maximum atomic E-state index is 9.18. The summed E-state index contributed by atoms with van der Waals surface area (Å²) in [7, 11) is 0. The summed E-state index contributed by atoms with van der Waals surface area (Å²) in [5.41, 5.74) is 2.15. The van der Waals surface area contributed by atoms with E-state index >= 15 is 0 Å². The minimum Gasteiger partial charge on any atom is -0.393 e. The minimum atomic E-state index is -0.343. The van der Waals surface area contributed by atoms with E-state index in [1.54, 1.807) is 6.92 Å². The average molecular weight is 232 g/mol. The first-order valence-electron chi connectivity index (χ1n) is 5.73. The fourth-order valence-electron chi connectivity index (χ4n) is 1.51. The van der Waals surface area contributed by atoms with Crippen molar-refractivity contribution in [2.45, 2.75) is 32.8 Å². The molecule has 0 spiro atoms. The first-order valence-corrected chi connectivity index (χ1v) is 5.73. The summed E-state index contributed by atoms with van der Waals surface area (Å²) in [6, 6.07) is 7.97. The summed E-state index contributed by atoms with van der Waals surface area (Å²) in [5, 5.41) is 13.1. The third kappa shape index (κ3) is 3.14. The highest BCUT2D eigenvalue weighted by Crippen LogP contribution is 2.16. The van der Waals surface area contributed by atoms with E-state index in [0.717, 1.165) is 5.56 Å². The maximum absolute atomic E-state index is 9.18. The first-order chi connectivity index (χ1) is 8.15. The number of benzene rings is 1. The summed E-state index contributed by atoms with van der Waals surface area (Å²) >= 11 is 0. The molecule has 0 aliphatic rings. The number of aryl methyl sites for hydroxylation is 2. The molecule has 0 aliphatic carbocycles. The van der Waals surface area contributed by atoms with Gasteiger partial charge in [0, 0.05) is 12.0 Å². The Bertz CT molecular complexity index is 474. The molecule has 4 nitrogen and oxygen atoms in total. The summed E-state index contributed by atoms with van der Waals surface area (Å²) in [5.74, 6) is 1.17. The second kappa shape index (κ2) is 5.10. The standard InChI is InChI=1S/C13H16N2O2/c1-9-3-6-11(7-4-9)13-14-12(17-15-13)8-5-10(2)16/h3-4,6-7,10,16H,5,8H2,1-2H3/t10-/m1/s1. The van der Waals surface area contributed by atoms with E-state index < -0.39 is 0 Å². The zero-order valence-corrected chi connectivity index (χ0v) is 10.1. The van der Waals surface area contributed by atoms with Gasteiger partial charge in [0.1, 0.15) is 0 Å². The largest absolute Gasteiger partial charge is 0.393 e. The zero-order valence-electron chi connectivity index (χ0n) is 10.1. The normalized spacial score (nSPS) is 12.6. The van der Waals surface area contributed by atoms with Gasteiger partial charge in [-0.2, -0.15) is 4.98 Å². The average Bonchev–Trinajstić information content (AvgIpc) is 2.76. The number of hydrogen-bond donors (Lipinski definition) is 1. The molecule has 0 bridgehead atoms. The van der Waals surface area contributed by atoms with Gasteiger partial charge in [-0.05, 0) is 20.3 Å². The highest BCUT2D eigenvalue weighted by atomic mass is 16.5. The fraction of sp³-hybridized carbons (Fsp3) is 0.385. The van der Waals surface area contributed by atoms with Gasteiger partial charge in [0.05, 0.1) is 6.10 Å². The number of rotatable bonds is 4. The number of nitrogens with zero attached hydrogens (tertiary/aromatic N) is 2. The Balaban J connectivity index is 2.10. The van der Waals surface area contributed by atoms with Crippen LogP contribution in [0, 0.1) is 6.92 Å². The van der Waals surface area contributed by atoms with Crippen LogP contribution in [0.25, 0.3) is 11.4 Å². The van der Waals surface area contributed by atoms with Crippen molar-refractivity contribution in [3.8, 4) is 11.4 Å². The fourth-order valence-corrected chi connectivity index (χ4v) is 1.51. The second-order valence-electron chi connectivity index (χ2n) is 4.27. The van der Waals surface area contributed by atoms with Crippen molar-refractivity contribution in [3.05, 3.63) is 35.7 Å². The van der Waals surface area contributed by atoms with Crippen LogP contribution >= 0.6 is 0 Å². The summed E-state index contributed by atoms with van der Waals surface area (Å²) in [6.45, 7) is 3.78. The highest BCUT2D eigenvalue weighted by molar-refractivity contribution is 5.54. The third-order valence-corrected chi connectivity index (χ3v) is 2.55. The summed E-state index contributed by atoms with van der Waals surface area (Å²) in [6.07, 6.45) is 0.899. The van der Waals surface area contributed by atoms with Crippen molar-refractivity contribution in [1.29, 1.82) is 0 Å². The summed E-state index contributed by atoms with van der Waals surface area (Å²) in [4.78, 5) is 4.29. The topological polar surface area (TPSA) is 59.2 Å². The molecule has 1 heterocycles. The maximum Gasteiger partial charge on any atom is 0.227 e. The lowest BCUT2D eigenvalue weighted by molar-refractivity contribution is 0.180. The Labute approximate surface area is 100 Å². The van der Waals surface area contributed by atoms with Crippen molar-refractivity contribution in [2.24, 2.45) is 0 Å². The zero-order chi connectivity index (χ0) is 12.3. The predicted molar refractivity (Wildman–Crippen MR) is 64.5 cm³/mol. The number of aliphatic hydroxyl groups is 1. The van der Waals surface area contributed by atoms with Gasteiger partial charge in [-0.1, -0.05) is 35.0 Å². The van der Waals surface area contributed by atoms with Crippen molar-refractivity contribution in [2.75, 3.05) is 0 Å². The van der Waals surface area contributed by atoms with E-state index in [9.17, 15) is 5.11 Å². The molecule has 1 aromatic heterocycles. The van der Waals surface area contributed by atoms with E-state index in [0.29, 0.717) is 24.6 Å². The molecular formula is C13H16N2O2. The van der Waals surface area contributed by atoms with Crippen molar-refractivity contribution in [3.63, 3.8) is 0 Å². The van der Waals surface area contributed by atoms with Crippen LogP contribution in [0.2, 0.25) is 0 Å². The molecule has 0 radical (unpaired) electrons. The minimum absolute atomic E-state index is 0.343. The molecule has 1 atom stereocenters. The van der Waals surface area contributed by atoms with E-state index in [-0.39, 0.29) is 6.10 Å². The van der Waals surface area contributed by atoms with Gasteiger partial charge in [-0.3, -0.25) is 0 Å². The molecule has 90 valence electrons. The lowest BCUT2D eigenvalue weighted by Gasteiger charge is -1.98. The van der Waals surface area contributed by atoms with Crippen LogP contribution in [-0.4, -0.2) is 21.4 Å². The lowest BCUT2D eigenvalue weighted by atomic mass is 10.1. The van der Waals surface area contributed by atoms with Crippen LogP contribution < -0.4 is 0 Å².